The van der Waals surface area contributed by atoms with E-state index in [1.54, 1.807) is 0 Å². The molecule has 5 rings (SSSR count). The van der Waals surface area contributed by atoms with E-state index in [0.717, 1.165) is 12.8 Å². The summed E-state index contributed by atoms with van der Waals surface area (Å²) in [6, 6.07) is 2.52. The van der Waals surface area contributed by atoms with E-state index in [2.05, 4.69) is 99.4 Å². The summed E-state index contributed by atoms with van der Waals surface area (Å²) in [6.45, 7) is 8.43. The van der Waals surface area contributed by atoms with Crippen molar-refractivity contribution < 1.29 is 0 Å². The van der Waals surface area contributed by atoms with Crippen molar-refractivity contribution >= 4 is 45.2 Å². The Bertz CT molecular complexity index is 1410. The van der Waals surface area contributed by atoms with Crippen molar-refractivity contribution in [2.45, 2.75) is 51.4 Å². The molecule has 1 saturated carbocycles. The maximum absolute atomic E-state index is 3.83. The van der Waals surface area contributed by atoms with Gasteiger partial charge in [-0.1, -0.05) is 105 Å². The average molecular weight is 463 g/mol. The third-order valence-electron chi connectivity index (χ3n) is 7.36. The zero-order chi connectivity index (χ0) is 23.5. The summed E-state index contributed by atoms with van der Waals surface area (Å²) < 4.78 is 2.80. The van der Waals surface area contributed by atoms with Crippen molar-refractivity contribution in [2.24, 2.45) is 5.92 Å². The van der Waals surface area contributed by atoms with Gasteiger partial charge in [-0.05, 0) is 71.7 Å². The molecule has 1 unspecified atom stereocenters. The van der Waals surface area contributed by atoms with Crippen molar-refractivity contribution in [3.8, 4) is 0 Å². The highest BCUT2D eigenvalue weighted by atomic mass is 32.1. The van der Waals surface area contributed by atoms with Gasteiger partial charge in [0.2, 0.25) is 0 Å². The van der Waals surface area contributed by atoms with E-state index < -0.39 is 0 Å². The second-order valence-corrected chi connectivity index (χ2v) is 10.7. The van der Waals surface area contributed by atoms with Crippen molar-refractivity contribution in [1.82, 2.24) is 0 Å². The molecular formula is C33H34S. The lowest BCUT2D eigenvalue weighted by Gasteiger charge is -2.22. The fourth-order valence-electron chi connectivity index (χ4n) is 5.51. The van der Waals surface area contributed by atoms with Gasteiger partial charge in [0.25, 0.3) is 0 Å². The van der Waals surface area contributed by atoms with Crippen LogP contribution in [0.1, 0.15) is 62.6 Å². The highest BCUT2D eigenvalue weighted by Crippen LogP contribution is 2.59. The first kappa shape index (κ1) is 22.9. The summed E-state index contributed by atoms with van der Waals surface area (Å²) >= 11 is 1.95. The minimum absolute atomic E-state index is 0.137. The molecule has 0 aliphatic heterocycles. The van der Waals surface area contributed by atoms with Gasteiger partial charge in [-0.2, -0.15) is 0 Å². The van der Waals surface area contributed by atoms with E-state index in [1.165, 1.54) is 61.4 Å². The summed E-state index contributed by atoms with van der Waals surface area (Å²) in [5.41, 5.74) is 5.85. The van der Waals surface area contributed by atoms with Crippen molar-refractivity contribution in [1.29, 1.82) is 0 Å². The Morgan fingerprint density at radius 3 is 2.94 bits per heavy atom. The van der Waals surface area contributed by atoms with Gasteiger partial charge in [-0.3, -0.25) is 0 Å². The second kappa shape index (κ2) is 9.76. The molecule has 0 spiro atoms. The first-order valence-corrected chi connectivity index (χ1v) is 13.5. The number of thiophene rings is 1. The van der Waals surface area contributed by atoms with Gasteiger partial charge in [0.05, 0.1) is 0 Å². The fourth-order valence-corrected chi connectivity index (χ4v) is 6.68. The Kier molecular flexibility index (Phi) is 6.57. The van der Waals surface area contributed by atoms with Crippen LogP contribution in [0.4, 0.5) is 0 Å². The lowest BCUT2D eigenvalue weighted by atomic mass is 9.82. The molecule has 1 fully saturated rings. The molecule has 1 heterocycles. The fraction of sp³-hybridized carbons (Fsp3) is 0.273. The predicted molar refractivity (Wildman–Crippen MR) is 153 cm³/mol. The first-order chi connectivity index (χ1) is 16.7. The quantitative estimate of drug-likeness (QED) is 0.274. The number of allylic oxidation sites excluding steroid dienone is 12. The number of hydrogen-bond donors (Lipinski definition) is 0. The van der Waals surface area contributed by atoms with Crippen LogP contribution >= 0.6 is 11.3 Å². The lowest BCUT2D eigenvalue weighted by molar-refractivity contribution is 0.813. The molecular weight excluding hydrogens is 428 g/mol. The minimum atomic E-state index is 0.137. The van der Waals surface area contributed by atoms with Crippen LogP contribution in [-0.4, -0.2) is 0 Å². The molecule has 0 N–H and O–H groups in total. The Morgan fingerprint density at radius 2 is 2.12 bits per heavy atom. The molecule has 1 aromatic carbocycles. The number of unbranched alkanes of at least 4 members (excludes halogenated alkanes) is 2. The molecule has 3 aliphatic rings. The number of benzene rings is 1. The van der Waals surface area contributed by atoms with Crippen LogP contribution in [0.5, 0.6) is 0 Å². The van der Waals surface area contributed by atoms with Crippen LogP contribution in [0, 0.1) is 5.92 Å². The van der Waals surface area contributed by atoms with Crippen molar-refractivity contribution in [2.75, 3.05) is 0 Å². The number of fused-ring (bicyclic) bond motifs is 4. The standard InChI is InChI=1S/C33H34S/c1-4-6-8-11-18-26-28(33-21-15-14-17-25(33)23-33)22-30-32(31(26)24(3)16-10-7-5-2)27-19-12-9-13-20-29(27)34-30/h4,6,8-9,11,13-22,25H,1,5,7,10,12,23H2,2-3H3/b8-6-,18-11+,24-16+/t25-,33?/m1/s1. The van der Waals surface area contributed by atoms with E-state index in [1.807, 2.05) is 23.5 Å². The molecule has 34 heavy (non-hydrogen) atoms. The smallest absolute Gasteiger partial charge is 0.0364 e. The molecule has 3 aliphatic carbocycles. The molecule has 1 heteroatoms. The summed E-state index contributed by atoms with van der Waals surface area (Å²) in [7, 11) is 0. The molecule has 2 aromatic rings. The van der Waals surface area contributed by atoms with E-state index >= 15 is 0 Å². The third-order valence-corrected chi connectivity index (χ3v) is 8.48. The van der Waals surface area contributed by atoms with Gasteiger partial charge in [-0.25, -0.2) is 0 Å². The lowest BCUT2D eigenvalue weighted by Crippen LogP contribution is -2.19. The van der Waals surface area contributed by atoms with Crippen molar-refractivity contribution in [3.63, 3.8) is 0 Å². The van der Waals surface area contributed by atoms with E-state index in [0.29, 0.717) is 5.92 Å². The van der Waals surface area contributed by atoms with Crippen molar-refractivity contribution in [3.05, 3.63) is 106 Å². The zero-order valence-electron chi connectivity index (χ0n) is 20.4. The van der Waals surface area contributed by atoms with Gasteiger partial charge >= 0.3 is 0 Å². The topological polar surface area (TPSA) is 0 Å². The van der Waals surface area contributed by atoms with Gasteiger partial charge in [0.1, 0.15) is 0 Å². The molecule has 172 valence electrons. The first-order valence-electron chi connectivity index (χ1n) is 12.7. The Labute approximate surface area is 208 Å². The molecule has 0 radical (unpaired) electrons. The van der Waals surface area contributed by atoms with Gasteiger partial charge in [-0.15, -0.1) is 11.3 Å². The SMILES string of the molecule is C=C/C=C\C=C\c1c(C23C=CC=C[C@@H]2C3)cc2sc3c(c2c1/C(C)=C/CCCC)=CCC=CC=3. The van der Waals surface area contributed by atoms with E-state index in [-0.39, 0.29) is 5.41 Å². The molecule has 0 bridgehead atoms. The monoisotopic (exact) mass is 462 g/mol. The van der Waals surface area contributed by atoms with Crippen LogP contribution in [0.3, 0.4) is 0 Å². The maximum atomic E-state index is 3.83. The van der Waals surface area contributed by atoms with Crippen LogP contribution in [0.15, 0.2) is 79.5 Å². The normalized spacial score (nSPS) is 23.1. The Morgan fingerprint density at radius 1 is 1.21 bits per heavy atom. The zero-order valence-corrected chi connectivity index (χ0v) is 21.2. The summed E-state index contributed by atoms with van der Waals surface area (Å²) in [5.74, 6) is 0.613. The largest absolute Gasteiger partial charge is 0.135 e. The molecule has 1 aromatic heterocycles. The second-order valence-electron chi connectivity index (χ2n) is 9.60. The van der Waals surface area contributed by atoms with Gasteiger partial charge in [0.15, 0.2) is 0 Å². The van der Waals surface area contributed by atoms with E-state index in [4.69, 9.17) is 0 Å². The number of rotatable bonds is 8. The summed E-state index contributed by atoms with van der Waals surface area (Å²) in [6.07, 6.45) is 37.2. The van der Waals surface area contributed by atoms with Crippen LogP contribution in [-0.2, 0) is 5.41 Å². The van der Waals surface area contributed by atoms with Crippen LogP contribution in [0.25, 0.3) is 33.9 Å². The highest BCUT2D eigenvalue weighted by Gasteiger charge is 2.53. The van der Waals surface area contributed by atoms with E-state index in [9.17, 15) is 0 Å². The summed E-state index contributed by atoms with van der Waals surface area (Å²) in [4.78, 5) is 0. The summed E-state index contributed by atoms with van der Waals surface area (Å²) in [5, 5.41) is 2.85. The van der Waals surface area contributed by atoms with Gasteiger partial charge < -0.3 is 0 Å². The molecule has 0 saturated heterocycles. The predicted octanol–water partition coefficient (Wildman–Crippen LogP) is 8.15. The van der Waals surface area contributed by atoms with Crippen LogP contribution in [0.2, 0.25) is 0 Å². The highest BCUT2D eigenvalue weighted by molar-refractivity contribution is 7.17. The van der Waals surface area contributed by atoms with Gasteiger partial charge in [0, 0.05) is 20.0 Å². The average Bonchev–Trinajstić information content (AvgIpc) is 3.56. The maximum Gasteiger partial charge on any atom is 0.0364 e. The molecule has 0 amide bonds. The molecule has 0 nitrogen and oxygen atoms in total. The Balaban J connectivity index is 1.84. The molecule has 2 atom stereocenters. The van der Waals surface area contributed by atoms with Crippen LogP contribution < -0.4 is 9.75 Å². The third kappa shape index (κ3) is 4.07. The number of hydrogen-bond acceptors (Lipinski definition) is 1. The minimum Gasteiger partial charge on any atom is -0.135 e. The Hall–Kier alpha value is -2.90.